The minimum absolute atomic E-state index is 0.273. The SMILES string of the molecule is CC(C1CCC(NC(=O)OC(C)(C)C)CC1)C(C)(C)C. The average Bonchev–Trinajstić information content (AvgIpc) is 2.25. The van der Waals surface area contributed by atoms with Crippen molar-refractivity contribution in [2.24, 2.45) is 17.3 Å². The van der Waals surface area contributed by atoms with Gasteiger partial charge in [0.25, 0.3) is 0 Å². The van der Waals surface area contributed by atoms with Crippen molar-refractivity contribution in [2.75, 3.05) is 0 Å². The van der Waals surface area contributed by atoms with Crippen LogP contribution in [0.2, 0.25) is 0 Å². The first-order valence-corrected chi connectivity index (χ1v) is 7.98. The summed E-state index contributed by atoms with van der Waals surface area (Å²) in [4.78, 5) is 11.8. The molecule has 0 aromatic heterocycles. The molecular formula is C17H33NO2. The van der Waals surface area contributed by atoms with Gasteiger partial charge in [-0.3, -0.25) is 0 Å². The van der Waals surface area contributed by atoms with E-state index in [-0.39, 0.29) is 12.1 Å². The van der Waals surface area contributed by atoms with Gasteiger partial charge in [0, 0.05) is 6.04 Å². The third-order valence-electron chi connectivity index (χ3n) is 4.57. The zero-order valence-corrected chi connectivity index (χ0v) is 14.4. The van der Waals surface area contributed by atoms with Gasteiger partial charge in [0.1, 0.15) is 5.60 Å². The van der Waals surface area contributed by atoms with Crippen molar-refractivity contribution in [1.82, 2.24) is 5.32 Å². The lowest BCUT2D eigenvalue weighted by molar-refractivity contribution is 0.0471. The molecule has 0 aromatic carbocycles. The predicted molar refractivity (Wildman–Crippen MR) is 83.7 cm³/mol. The van der Waals surface area contributed by atoms with Crippen LogP contribution in [0, 0.1) is 17.3 Å². The second kappa shape index (κ2) is 6.36. The van der Waals surface area contributed by atoms with Crippen molar-refractivity contribution < 1.29 is 9.53 Å². The van der Waals surface area contributed by atoms with Crippen molar-refractivity contribution >= 4 is 6.09 Å². The van der Waals surface area contributed by atoms with Gasteiger partial charge in [-0.2, -0.15) is 0 Å². The molecule has 1 rings (SSSR count). The van der Waals surface area contributed by atoms with Crippen molar-refractivity contribution in [3.05, 3.63) is 0 Å². The topological polar surface area (TPSA) is 38.3 Å². The highest BCUT2D eigenvalue weighted by Gasteiger charge is 2.32. The van der Waals surface area contributed by atoms with Crippen LogP contribution in [-0.4, -0.2) is 17.7 Å². The lowest BCUT2D eigenvalue weighted by Crippen LogP contribution is -2.42. The number of hydrogen-bond acceptors (Lipinski definition) is 2. The molecule has 1 unspecified atom stereocenters. The zero-order chi connectivity index (χ0) is 15.6. The third kappa shape index (κ3) is 5.72. The molecule has 0 saturated heterocycles. The van der Waals surface area contributed by atoms with Crippen molar-refractivity contribution in [3.63, 3.8) is 0 Å². The Bertz CT molecular complexity index is 317. The van der Waals surface area contributed by atoms with E-state index < -0.39 is 5.60 Å². The number of amides is 1. The van der Waals surface area contributed by atoms with E-state index in [9.17, 15) is 4.79 Å². The molecule has 118 valence electrons. The molecule has 0 spiro atoms. The fourth-order valence-corrected chi connectivity index (χ4v) is 2.94. The van der Waals surface area contributed by atoms with Gasteiger partial charge in [-0.15, -0.1) is 0 Å². The number of hydrogen-bond donors (Lipinski definition) is 1. The maximum atomic E-state index is 11.8. The first-order chi connectivity index (χ1) is 8.99. The zero-order valence-electron chi connectivity index (χ0n) is 14.4. The molecule has 0 radical (unpaired) electrons. The van der Waals surface area contributed by atoms with Crippen LogP contribution in [0.5, 0.6) is 0 Å². The molecule has 20 heavy (non-hydrogen) atoms. The normalized spacial score (nSPS) is 25.9. The monoisotopic (exact) mass is 283 g/mol. The standard InChI is InChI=1S/C17H33NO2/c1-12(16(2,3)4)13-8-10-14(11-9-13)18-15(19)20-17(5,6)7/h12-14H,8-11H2,1-7H3,(H,18,19). The second-order valence-electron chi connectivity index (χ2n) is 8.41. The van der Waals surface area contributed by atoms with E-state index in [1.165, 1.54) is 12.8 Å². The summed E-state index contributed by atoms with van der Waals surface area (Å²) in [6.07, 6.45) is 4.29. The van der Waals surface area contributed by atoms with Gasteiger partial charge in [0.15, 0.2) is 0 Å². The number of carbonyl (C=O) groups excluding carboxylic acids is 1. The summed E-state index contributed by atoms with van der Waals surface area (Å²) >= 11 is 0. The average molecular weight is 283 g/mol. The van der Waals surface area contributed by atoms with Crippen LogP contribution >= 0.6 is 0 Å². The van der Waals surface area contributed by atoms with Gasteiger partial charge < -0.3 is 10.1 Å². The Morgan fingerprint density at radius 3 is 1.95 bits per heavy atom. The number of rotatable bonds is 2. The third-order valence-corrected chi connectivity index (χ3v) is 4.57. The summed E-state index contributed by atoms with van der Waals surface area (Å²) in [5.41, 5.74) is -0.0435. The maximum Gasteiger partial charge on any atom is 0.407 e. The molecule has 1 saturated carbocycles. The summed E-state index contributed by atoms with van der Waals surface area (Å²) in [5.74, 6) is 1.51. The Hall–Kier alpha value is -0.730. The first kappa shape index (κ1) is 17.3. The van der Waals surface area contributed by atoms with Crippen LogP contribution < -0.4 is 5.32 Å². The molecule has 0 aromatic rings. The fourth-order valence-electron chi connectivity index (χ4n) is 2.94. The molecule has 1 aliphatic carbocycles. The van der Waals surface area contributed by atoms with E-state index in [0.717, 1.165) is 24.7 Å². The van der Waals surface area contributed by atoms with Gasteiger partial charge in [0.2, 0.25) is 0 Å². The van der Waals surface area contributed by atoms with Crippen molar-refractivity contribution in [2.45, 2.75) is 85.8 Å². The molecule has 1 fully saturated rings. The lowest BCUT2D eigenvalue weighted by Gasteiger charge is -2.39. The number of carbonyl (C=O) groups is 1. The highest BCUT2D eigenvalue weighted by Crippen LogP contribution is 2.39. The van der Waals surface area contributed by atoms with E-state index >= 15 is 0 Å². The number of alkyl carbamates (subject to hydrolysis) is 1. The summed E-state index contributed by atoms with van der Waals surface area (Å²) in [6, 6.07) is 0.285. The minimum atomic E-state index is -0.415. The predicted octanol–water partition coefficient (Wildman–Crippen LogP) is 4.75. The Morgan fingerprint density at radius 2 is 1.55 bits per heavy atom. The maximum absolute atomic E-state index is 11.8. The molecule has 3 heteroatoms. The number of nitrogens with one attached hydrogen (secondary N) is 1. The Balaban J connectivity index is 2.38. The molecule has 0 aliphatic heterocycles. The highest BCUT2D eigenvalue weighted by molar-refractivity contribution is 5.68. The molecule has 0 bridgehead atoms. The van der Waals surface area contributed by atoms with Crippen LogP contribution in [0.3, 0.4) is 0 Å². The molecule has 1 atom stereocenters. The summed E-state index contributed by atoms with van der Waals surface area (Å²) in [6.45, 7) is 15.0. The van der Waals surface area contributed by atoms with Crippen LogP contribution in [-0.2, 0) is 4.74 Å². The molecule has 1 amide bonds. The van der Waals surface area contributed by atoms with Gasteiger partial charge in [-0.25, -0.2) is 4.79 Å². The van der Waals surface area contributed by atoms with E-state index in [0.29, 0.717) is 5.41 Å². The quantitative estimate of drug-likeness (QED) is 0.794. The summed E-state index contributed by atoms with van der Waals surface area (Å²) in [7, 11) is 0. The smallest absolute Gasteiger partial charge is 0.407 e. The molecule has 1 N–H and O–H groups in total. The molecular weight excluding hydrogens is 250 g/mol. The van der Waals surface area contributed by atoms with Crippen LogP contribution in [0.1, 0.15) is 74.1 Å². The van der Waals surface area contributed by atoms with Crippen molar-refractivity contribution in [1.29, 1.82) is 0 Å². The summed E-state index contributed by atoms with van der Waals surface area (Å²) < 4.78 is 5.32. The van der Waals surface area contributed by atoms with Gasteiger partial charge >= 0.3 is 6.09 Å². The van der Waals surface area contributed by atoms with E-state index in [1.807, 2.05) is 20.8 Å². The van der Waals surface area contributed by atoms with Gasteiger partial charge in [0.05, 0.1) is 0 Å². The molecule has 3 nitrogen and oxygen atoms in total. The fraction of sp³-hybridized carbons (Fsp3) is 0.941. The number of ether oxygens (including phenoxy) is 1. The van der Waals surface area contributed by atoms with Gasteiger partial charge in [-0.05, 0) is 63.7 Å². The van der Waals surface area contributed by atoms with Crippen LogP contribution in [0.4, 0.5) is 4.79 Å². The Morgan fingerprint density at radius 1 is 1.05 bits per heavy atom. The van der Waals surface area contributed by atoms with E-state index in [2.05, 4.69) is 33.0 Å². The Labute approximate surface area is 124 Å². The van der Waals surface area contributed by atoms with E-state index in [4.69, 9.17) is 4.74 Å². The Kier molecular flexibility index (Phi) is 5.51. The molecule has 1 aliphatic rings. The second-order valence-corrected chi connectivity index (χ2v) is 8.41. The first-order valence-electron chi connectivity index (χ1n) is 7.98. The van der Waals surface area contributed by atoms with Crippen LogP contribution in [0.15, 0.2) is 0 Å². The van der Waals surface area contributed by atoms with Crippen molar-refractivity contribution in [3.8, 4) is 0 Å². The lowest BCUT2D eigenvalue weighted by atomic mass is 9.69. The largest absolute Gasteiger partial charge is 0.444 e. The summed E-state index contributed by atoms with van der Waals surface area (Å²) in [5, 5.41) is 3.01. The minimum Gasteiger partial charge on any atom is -0.444 e. The van der Waals surface area contributed by atoms with E-state index in [1.54, 1.807) is 0 Å². The molecule has 0 heterocycles. The van der Waals surface area contributed by atoms with Gasteiger partial charge in [-0.1, -0.05) is 27.7 Å². The van der Waals surface area contributed by atoms with Crippen LogP contribution in [0.25, 0.3) is 0 Å². The highest BCUT2D eigenvalue weighted by atomic mass is 16.6.